The predicted octanol–water partition coefficient (Wildman–Crippen LogP) is 1.78. The fraction of sp³-hybridized carbons (Fsp3) is 0.500. The van der Waals surface area contributed by atoms with Crippen LogP contribution in [-0.2, 0) is 9.68 Å². The van der Waals surface area contributed by atoms with Gasteiger partial charge in [0.1, 0.15) is 6.10 Å². The maximum atomic E-state index is 10.3. The molecule has 0 bridgehead atoms. The molecule has 0 aromatic heterocycles. The summed E-state index contributed by atoms with van der Waals surface area (Å²) in [5.74, 6) is 0. The molecule has 0 aliphatic carbocycles. The van der Waals surface area contributed by atoms with E-state index >= 15 is 0 Å². The number of aliphatic hydroxyl groups is 1. The van der Waals surface area contributed by atoms with Crippen LogP contribution in [0.4, 0.5) is 0 Å². The van der Waals surface area contributed by atoms with E-state index in [1.807, 2.05) is 30.3 Å². The Balaban J connectivity index is 1.82. The van der Waals surface area contributed by atoms with Crippen LogP contribution in [0.3, 0.4) is 0 Å². The molecule has 0 radical (unpaired) electrons. The van der Waals surface area contributed by atoms with Gasteiger partial charge < -0.3 is 5.11 Å². The van der Waals surface area contributed by atoms with Crippen LogP contribution in [0.25, 0.3) is 0 Å². The lowest BCUT2D eigenvalue weighted by atomic mass is 9.97. The van der Waals surface area contributed by atoms with Crippen LogP contribution in [-0.4, -0.2) is 22.7 Å². The Morgan fingerprint density at radius 1 is 1.31 bits per heavy atom. The fourth-order valence-electron chi connectivity index (χ4n) is 2.32. The van der Waals surface area contributed by atoms with Crippen molar-refractivity contribution in [1.82, 2.24) is 5.23 Å². The van der Waals surface area contributed by atoms with Gasteiger partial charge in [-0.25, -0.2) is 0 Å². The van der Waals surface area contributed by atoms with E-state index < -0.39 is 5.72 Å². The number of benzene rings is 1. The first-order valence-corrected chi connectivity index (χ1v) is 5.65. The summed E-state index contributed by atoms with van der Waals surface area (Å²) in [6.45, 7) is 0.615. The lowest BCUT2D eigenvalue weighted by Crippen LogP contribution is -2.46. The SMILES string of the molecule is O[C@@]12CCCON1O[C@H](c1ccccc1)C2. The maximum Gasteiger partial charge on any atom is 0.170 e. The molecule has 0 saturated carbocycles. The molecule has 1 N–H and O–H groups in total. The van der Waals surface area contributed by atoms with Crippen molar-refractivity contribution < 1.29 is 14.8 Å². The molecular formula is C12H15NO3. The van der Waals surface area contributed by atoms with Crippen molar-refractivity contribution in [3.8, 4) is 0 Å². The first-order chi connectivity index (χ1) is 7.78. The highest BCUT2D eigenvalue weighted by Gasteiger charge is 2.49. The Bertz CT molecular complexity index is 370. The van der Waals surface area contributed by atoms with E-state index in [0.717, 1.165) is 12.0 Å². The lowest BCUT2D eigenvalue weighted by Gasteiger charge is -2.33. The normalized spacial score (nSPS) is 34.9. The van der Waals surface area contributed by atoms with E-state index in [9.17, 15) is 5.11 Å². The van der Waals surface area contributed by atoms with Crippen molar-refractivity contribution in [2.75, 3.05) is 6.61 Å². The number of nitrogens with zero attached hydrogens (tertiary/aromatic N) is 1. The summed E-state index contributed by atoms with van der Waals surface area (Å²) in [7, 11) is 0. The molecule has 0 unspecified atom stereocenters. The van der Waals surface area contributed by atoms with E-state index in [4.69, 9.17) is 9.68 Å². The molecule has 2 aliphatic heterocycles. The number of hydroxylamine groups is 2. The smallest absolute Gasteiger partial charge is 0.170 e. The van der Waals surface area contributed by atoms with Crippen LogP contribution in [0.1, 0.15) is 30.9 Å². The Hall–Kier alpha value is -0.940. The minimum atomic E-state index is -0.946. The number of fused-ring (bicyclic) bond motifs is 1. The van der Waals surface area contributed by atoms with E-state index in [0.29, 0.717) is 19.4 Å². The van der Waals surface area contributed by atoms with Gasteiger partial charge in [-0.05, 0) is 23.6 Å². The van der Waals surface area contributed by atoms with Gasteiger partial charge in [-0.2, -0.15) is 0 Å². The Morgan fingerprint density at radius 2 is 2.12 bits per heavy atom. The van der Waals surface area contributed by atoms with E-state index in [2.05, 4.69) is 0 Å². The number of hydrogen-bond acceptors (Lipinski definition) is 4. The van der Waals surface area contributed by atoms with Crippen LogP contribution in [0.15, 0.2) is 30.3 Å². The molecule has 4 nitrogen and oxygen atoms in total. The van der Waals surface area contributed by atoms with Gasteiger partial charge in [-0.1, -0.05) is 30.3 Å². The molecule has 2 fully saturated rings. The van der Waals surface area contributed by atoms with Crippen molar-refractivity contribution in [2.45, 2.75) is 31.1 Å². The molecule has 1 aromatic rings. The van der Waals surface area contributed by atoms with Gasteiger partial charge in [-0.15, -0.1) is 0 Å². The Morgan fingerprint density at radius 3 is 2.88 bits per heavy atom. The highest BCUT2D eigenvalue weighted by molar-refractivity contribution is 5.18. The fourth-order valence-corrected chi connectivity index (χ4v) is 2.32. The molecule has 16 heavy (non-hydrogen) atoms. The van der Waals surface area contributed by atoms with E-state index in [1.54, 1.807) is 0 Å². The highest BCUT2D eigenvalue weighted by atomic mass is 17.0. The topological polar surface area (TPSA) is 41.9 Å². The Kier molecular flexibility index (Phi) is 2.44. The monoisotopic (exact) mass is 221 g/mol. The lowest BCUT2D eigenvalue weighted by molar-refractivity contribution is -0.440. The zero-order valence-electron chi connectivity index (χ0n) is 9.00. The van der Waals surface area contributed by atoms with Gasteiger partial charge in [0.2, 0.25) is 0 Å². The zero-order chi connectivity index (χ0) is 11.0. The predicted molar refractivity (Wildman–Crippen MR) is 56.9 cm³/mol. The van der Waals surface area contributed by atoms with Gasteiger partial charge in [0, 0.05) is 6.42 Å². The second-order valence-corrected chi connectivity index (χ2v) is 4.39. The quantitative estimate of drug-likeness (QED) is 0.785. The van der Waals surface area contributed by atoms with Crippen molar-refractivity contribution in [3.63, 3.8) is 0 Å². The highest BCUT2D eigenvalue weighted by Crippen LogP contribution is 2.43. The molecule has 0 spiro atoms. The van der Waals surface area contributed by atoms with Gasteiger partial charge in [0.05, 0.1) is 6.61 Å². The third kappa shape index (κ3) is 1.64. The summed E-state index contributed by atoms with van der Waals surface area (Å²) in [5, 5.41) is 11.6. The molecule has 2 heterocycles. The Labute approximate surface area is 94.3 Å². The average Bonchev–Trinajstić information content (AvgIpc) is 2.67. The molecule has 2 saturated heterocycles. The zero-order valence-corrected chi connectivity index (χ0v) is 9.00. The second-order valence-electron chi connectivity index (χ2n) is 4.39. The van der Waals surface area contributed by atoms with Crippen molar-refractivity contribution >= 4 is 0 Å². The summed E-state index contributed by atoms with van der Waals surface area (Å²) < 4.78 is 0. The minimum Gasteiger partial charge on any atom is -0.371 e. The maximum absolute atomic E-state index is 10.3. The summed E-state index contributed by atoms with van der Waals surface area (Å²) in [6.07, 6.45) is 2.04. The number of hydrogen-bond donors (Lipinski definition) is 1. The molecule has 4 heteroatoms. The van der Waals surface area contributed by atoms with Crippen molar-refractivity contribution in [1.29, 1.82) is 0 Å². The number of rotatable bonds is 1. The standard InChI is InChI=1S/C12H15NO3/c14-12-7-4-8-15-13(12)16-11(9-12)10-5-2-1-3-6-10/h1-3,5-6,11,14H,4,7-9H2/t11-,12+/m0/s1. The van der Waals surface area contributed by atoms with E-state index in [-0.39, 0.29) is 6.10 Å². The largest absolute Gasteiger partial charge is 0.371 e. The molecule has 2 atom stereocenters. The van der Waals surface area contributed by atoms with Crippen LogP contribution in [0.5, 0.6) is 0 Å². The molecule has 86 valence electrons. The third-order valence-corrected chi connectivity index (χ3v) is 3.18. The molecule has 3 rings (SSSR count). The average molecular weight is 221 g/mol. The second kappa shape index (κ2) is 3.82. The molecule has 0 amide bonds. The first kappa shape index (κ1) is 10.2. The van der Waals surface area contributed by atoms with Crippen LogP contribution >= 0.6 is 0 Å². The van der Waals surface area contributed by atoms with Gasteiger partial charge in [0.15, 0.2) is 5.72 Å². The van der Waals surface area contributed by atoms with Crippen molar-refractivity contribution in [2.24, 2.45) is 0 Å². The summed E-state index contributed by atoms with van der Waals surface area (Å²) >= 11 is 0. The van der Waals surface area contributed by atoms with Crippen LogP contribution < -0.4 is 0 Å². The van der Waals surface area contributed by atoms with Gasteiger partial charge in [-0.3, -0.25) is 9.68 Å². The first-order valence-electron chi connectivity index (χ1n) is 5.65. The molecule has 2 aliphatic rings. The van der Waals surface area contributed by atoms with Crippen molar-refractivity contribution in [3.05, 3.63) is 35.9 Å². The van der Waals surface area contributed by atoms with E-state index in [1.165, 1.54) is 5.23 Å². The molecule has 1 aromatic carbocycles. The minimum absolute atomic E-state index is 0.107. The summed E-state index contributed by atoms with van der Waals surface area (Å²) in [5.41, 5.74) is 0.132. The third-order valence-electron chi connectivity index (χ3n) is 3.18. The van der Waals surface area contributed by atoms with Crippen LogP contribution in [0.2, 0.25) is 0 Å². The molecular weight excluding hydrogens is 206 g/mol. The van der Waals surface area contributed by atoms with Gasteiger partial charge in [0.25, 0.3) is 0 Å². The van der Waals surface area contributed by atoms with Crippen LogP contribution in [0, 0.1) is 0 Å². The van der Waals surface area contributed by atoms with Gasteiger partial charge >= 0.3 is 0 Å². The summed E-state index contributed by atoms with van der Waals surface area (Å²) in [4.78, 5) is 10.9. The summed E-state index contributed by atoms with van der Waals surface area (Å²) in [6, 6.07) is 9.93.